The maximum absolute atomic E-state index is 12.1. The van der Waals surface area contributed by atoms with Gasteiger partial charge in [-0.25, -0.2) is 0 Å². The monoisotopic (exact) mass is 383 g/mol. The molecule has 1 saturated carbocycles. The highest BCUT2D eigenvalue weighted by atomic mass is 32.1. The van der Waals surface area contributed by atoms with Crippen molar-refractivity contribution in [1.29, 1.82) is 0 Å². The zero-order valence-corrected chi connectivity index (χ0v) is 16.0. The van der Waals surface area contributed by atoms with Gasteiger partial charge < -0.3 is 25.7 Å². The van der Waals surface area contributed by atoms with Crippen LogP contribution < -0.4 is 5.73 Å². The molecule has 5 atom stereocenters. The van der Waals surface area contributed by atoms with E-state index in [4.69, 9.17) is 18.0 Å². The Morgan fingerprint density at radius 3 is 2.68 bits per heavy atom. The number of thiocarbonyl (C=S) groups is 1. The third-order valence-corrected chi connectivity index (χ3v) is 6.38. The van der Waals surface area contributed by atoms with Crippen LogP contribution in [-0.2, 0) is 11.3 Å². The normalized spacial score (nSPS) is 32.4. The quantitative estimate of drug-likeness (QED) is 0.651. The molecule has 1 amide bonds. The lowest BCUT2D eigenvalue weighted by molar-refractivity contribution is -0.133. The first-order valence-electron chi connectivity index (χ1n) is 8.56. The highest BCUT2D eigenvalue weighted by Gasteiger charge is 2.56. The van der Waals surface area contributed by atoms with Gasteiger partial charge in [0.15, 0.2) is 5.11 Å². The van der Waals surface area contributed by atoms with Gasteiger partial charge in [-0.3, -0.25) is 4.79 Å². The van der Waals surface area contributed by atoms with E-state index in [0.29, 0.717) is 24.1 Å². The predicted octanol–water partition coefficient (Wildman–Crippen LogP) is 0.771. The Morgan fingerprint density at radius 2 is 2.12 bits per heavy atom. The fourth-order valence-electron chi connectivity index (χ4n) is 4.02. The van der Waals surface area contributed by atoms with E-state index in [1.807, 2.05) is 27.3 Å². The fourth-order valence-corrected chi connectivity index (χ4v) is 5.10. The summed E-state index contributed by atoms with van der Waals surface area (Å²) in [6.45, 7) is 5.43. The average molecular weight is 384 g/mol. The summed E-state index contributed by atoms with van der Waals surface area (Å²) in [5.74, 6) is -0.637. The lowest BCUT2D eigenvalue weighted by atomic mass is 9.77. The van der Waals surface area contributed by atoms with E-state index in [9.17, 15) is 15.0 Å². The number of aliphatic hydroxyl groups excluding tert-OH is 2. The zero-order valence-electron chi connectivity index (χ0n) is 14.4. The van der Waals surface area contributed by atoms with E-state index < -0.39 is 30.1 Å². The third-order valence-electron chi connectivity index (χ3n) is 5.05. The first kappa shape index (κ1) is 18.6. The molecule has 1 aromatic rings. The molecule has 1 saturated heterocycles. The molecular weight excluding hydrogens is 358 g/mol. The van der Waals surface area contributed by atoms with Gasteiger partial charge in [-0.15, -0.1) is 11.3 Å². The Morgan fingerprint density at radius 1 is 1.40 bits per heavy atom. The van der Waals surface area contributed by atoms with Gasteiger partial charge in [0.2, 0.25) is 5.91 Å². The van der Waals surface area contributed by atoms with Crippen molar-refractivity contribution in [1.82, 2.24) is 9.80 Å². The minimum Gasteiger partial charge on any atom is -0.390 e. The second-order valence-corrected chi connectivity index (χ2v) is 8.72. The molecule has 3 rings (SSSR count). The number of thiophene rings is 1. The molecule has 0 bridgehead atoms. The summed E-state index contributed by atoms with van der Waals surface area (Å²) < 4.78 is 0. The van der Waals surface area contributed by atoms with Crippen molar-refractivity contribution >= 4 is 34.6 Å². The number of fused-ring (bicyclic) bond motifs is 1. The summed E-state index contributed by atoms with van der Waals surface area (Å²) in [6.07, 6.45) is -1.77. The van der Waals surface area contributed by atoms with Crippen LogP contribution >= 0.6 is 23.6 Å². The third kappa shape index (κ3) is 3.40. The van der Waals surface area contributed by atoms with Crippen LogP contribution in [0.25, 0.3) is 0 Å². The Bertz CT molecular complexity index is 637. The summed E-state index contributed by atoms with van der Waals surface area (Å²) in [5, 5.41) is 23.6. The first-order chi connectivity index (χ1) is 11.8. The number of rotatable bonds is 5. The zero-order chi connectivity index (χ0) is 18.3. The van der Waals surface area contributed by atoms with E-state index >= 15 is 0 Å². The van der Waals surface area contributed by atoms with Crippen LogP contribution in [0.2, 0.25) is 0 Å². The molecule has 2 heterocycles. The number of nitrogens with two attached hydrogens (primary N) is 1. The molecule has 6 nitrogen and oxygen atoms in total. The first-order valence-corrected chi connectivity index (χ1v) is 9.85. The van der Waals surface area contributed by atoms with Gasteiger partial charge in [0, 0.05) is 11.4 Å². The van der Waals surface area contributed by atoms with Crippen LogP contribution in [-0.4, -0.2) is 61.9 Å². The molecular formula is C17H25N3O3S2. The summed E-state index contributed by atoms with van der Waals surface area (Å²) >= 11 is 7.33. The molecule has 2 aliphatic rings. The second kappa shape index (κ2) is 7.19. The number of nitrogens with zero attached hydrogens (tertiary/aromatic N) is 2. The summed E-state index contributed by atoms with van der Waals surface area (Å²) in [5.41, 5.74) is 5.63. The Hall–Kier alpha value is -1.22. The summed E-state index contributed by atoms with van der Waals surface area (Å²) in [4.78, 5) is 17.2. The molecule has 2 fully saturated rings. The predicted molar refractivity (Wildman–Crippen MR) is 101 cm³/mol. The topological polar surface area (TPSA) is 90.0 Å². The van der Waals surface area contributed by atoms with Crippen LogP contribution in [0.3, 0.4) is 0 Å². The van der Waals surface area contributed by atoms with Crippen molar-refractivity contribution in [2.45, 2.75) is 51.1 Å². The van der Waals surface area contributed by atoms with Gasteiger partial charge >= 0.3 is 0 Å². The second-order valence-electron chi connectivity index (χ2n) is 7.32. The van der Waals surface area contributed by atoms with E-state index in [1.165, 1.54) is 0 Å². The van der Waals surface area contributed by atoms with Crippen molar-refractivity contribution in [2.75, 3.05) is 6.54 Å². The number of hydrogen-bond donors (Lipinski definition) is 3. The van der Waals surface area contributed by atoms with Gasteiger partial charge in [0.05, 0.1) is 30.7 Å². The van der Waals surface area contributed by atoms with Crippen molar-refractivity contribution in [3.8, 4) is 0 Å². The Kier molecular flexibility index (Phi) is 5.34. The van der Waals surface area contributed by atoms with Gasteiger partial charge in [-0.1, -0.05) is 19.9 Å². The highest BCUT2D eigenvalue weighted by molar-refractivity contribution is 7.80. The van der Waals surface area contributed by atoms with Crippen LogP contribution in [0.4, 0.5) is 0 Å². The smallest absolute Gasteiger partial charge is 0.222 e. The molecule has 8 heteroatoms. The van der Waals surface area contributed by atoms with Crippen molar-refractivity contribution in [3.05, 3.63) is 22.4 Å². The minimum absolute atomic E-state index is 0.168. The Balaban J connectivity index is 1.98. The molecule has 0 unspecified atom stereocenters. The van der Waals surface area contributed by atoms with Crippen LogP contribution in [0, 0.1) is 11.8 Å². The molecule has 4 N–H and O–H groups in total. The maximum Gasteiger partial charge on any atom is 0.222 e. The Labute approximate surface area is 157 Å². The lowest BCUT2D eigenvalue weighted by Crippen LogP contribution is -2.61. The maximum atomic E-state index is 12.1. The van der Waals surface area contributed by atoms with Crippen LogP contribution in [0.1, 0.15) is 25.1 Å². The number of hydrogen-bond acceptors (Lipinski definition) is 5. The van der Waals surface area contributed by atoms with Crippen molar-refractivity contribution in [3.63, 3.8) is 0 Å². The van der Waals surface area contributed by atoms with Gasteiger partial charge in [-0.05, 0) is 36.0 Å². The standard InChI is InChI=1S/C17H25N3O3S2/c1-9(2)7-19-13-11(16(18)23)6-12(21)15(22)14(13)20(17(19)24)8-10-4-3-5-25-10/h3-5,9,11-15,21-22H,6-8H2,1-2H3,(H2,18,23)/t11-,12-,13+,14-,15+/m1/s1. The lowest BCUT2D eigenvalue weighted by Gasteiger charge is -2.42. The highest BCUT2D eigenvalue weighted by Crippen LogP contribution is 2.39. The molecule has 25 heavy (non-hydrogen) atoms. The SMILES string of the molecule is CC(C)CN1C(=S)N(Cc2cccs2)[C@H]2[C@@H](O)[C@H](O)C[C@@H](C(N)=O)[C@@H]21. The van der Waals surface area contributed by atoms with Crippen molar-refractivity contribution < 1.29 is 15.0 Å². The molecule has 1 aliphatic carbocycles. The molecule has 1 aromatic heterocycles. The van der Waals surface area contributed by atoms with E-state index in [-0.39, 0.29) is 12.5 Å². The number of carbonyl (C=O) groups is 1. The van der Waals surface area contributed by atoms with Gasteiger partial charge in [0.25, 0.3) is 0 Å². The number of aliphatic hydroxyl groups is 2. The van der Waals surface area contributed by atoms with E-state index in [2.05, 4.69) is 13.8 Å². The summed E-state index contributed by atoms with van der Waals surface area (Å²) in [7, 11) is 0. The number of carbonyl (C=O) groups excluding carboxylic acids is 1. The van der Waals surface area contributed by atoms with E-state index in [1.54, 1.807) is 11.3 Å². The van der Waals surface area contributed by atoms with Crippen LogP contribution in [0.5, 0.6) is 0 Å². The average Bonchev–Trinajstić information content (AvgIpc) is 3.13. The van der Waals surface area contributed by atoms with Crippen LogP contribution in [0.15, 0.2) is 17.5 Å². The molecule has 1 aliphatic heterocycles. The summed E-state index contributed by atoms with van der Waals surface area (Å²) in [6, 6.07) is 3.26. The molecule has 0 radical (unpaired) electrons. The molecule has 0 spiro atoms. The van der Waals surface area contributed by atoms with Gasteiger partial charge in [-0.2, -0.15) is 0 Å². The molecule has 0 aromatic carbocycles. The fraction of sp³-hybridized carbons (Fsp3) is 0.647. The minimum atomic E-state index is -0.980. The van der Waals surface area contributed by atoms with Crippen molar-refractivity contribution in [2.24, 2.45) is 17.6 Å². The molecule has 138 valence electrons. The number of primary amides is 1. The number of amides is 1. The van der Waals surface area contributed by atoms with Gasteiger partial charge in [0.1, 0.15) is 6.10 Å². The largest absolute Gasteiger partial charge is 0.390 e. The van der Waals surface area contributed by atoms with E-state index in [0.717, 1.165) is 4.88 Å².